The number of benzene rings is 2. The molecule has 1 N–H and O–H groups in total. The molecule has 0 fully saturated rings. The summed E-state index contributed by atoms with van der Waals surface area (Å²) in [6.07, 6.45) is 0.0906. The molecule has 0 bridgehead atoms. The Labute approximate surface area is 134 Å². The van der Waals surface area contributed by atoms with Crippen molar-refractivity contribution in [3.05, 3.63) is 65.2 Å². The van der Waals surface area contributed by atoms with Crippen molar-refractivity contribution in [2.45, 2.75) is 19.1 Å². The SMILES string of the molecule is CN(Cc1ccc(C(=O)O)cc1)C(=O)[C@H]1Cc2ccccc2O1. The summed E-state index contributed by atoms with van der Waals surface area (Å²) in [5, 5.41) is 8.89. The maximum atomic E-state index is 12.5. The molecule has 2 aromatic carbocycles. The minimum absolute atomic E-state index is 0.0801. The van der Waals surface area contributed by atoms with Crippen molar-refractivity contribution in [3.8, 4) is 5.75 Å². The Morgan fingerprint density at radius 1 is 1.17 bits per heavy atom. The van der Waals surface area contributed by atoms with Gasteiger partial charge in [-0.3, -0.25) is 4.79 Å². The standard InChI is InChI=1S/C18H17NO4/c1-19(11-12-6-8-13(9-7-12)18(21)22)17(20)16-10-14-4-2-3-5-15(14)23-16/h2-9,16H,10-11H2,1H3,(H,21,22)/t16-/m1/s1. The van der Waals surface area contributed by atoms with Crippen molar-refractivity contribution in [2.75, 3.05) is 7.05 Å². The molecule has 0 unspecified atom stereocenters. The van der Waals surface area contributed by atoms with E-state index < -0.39 is 12.1 Å². The monoisotopic (exact) mass is 311 g/mol. The van der Waals surface area contributed by atoms with Crippen LogP contribution in [0.15, 0.2) is 48.5 Å². The minimum atomic E-state index is -0.960. The van der Waals surface area contributed by atoms with E-state index in [9.17, 15) is 9.59 Å². The fourth-order valence-corrected chi connectivity index (χ4v) is 2.67. The van der Waals surface area contributed by atoms with Crippen molar-refractivity contribution in [3.63, 3.8) is 0 Å². The summed E-state index contributed by atoms with van der Waals surface area (Å²) in [6.45, 7) is 0.412. The molecular formula is C18H17NO4. The molecule has 0 aliphatic carbocycles. The van der Waals surface area contributed by atoms with Crippen molar-refractivity contribution in [2.24, 2.45) is 0 Å². The summed E-state index contributed by atoms with van der Waals surface area (Å²) in [7, 11) is 1.72. The number of amides is 1. The molecule has 3 rings (SSSR count). The maximum Gasteiger partial charge on any atom is 0.335 e. The molecule has 1 heterocycles. The molecule has 1 aliphatic heterocycles. The predicted octanol–water partition coefficient (Wildman–Crippen LogP) is 2.35. The van der Waals surface area contributed by atoms with E-state index in [2.05, 4.69) is 0 Å². The first-order valence-electron chi connectivity index (χ1n) is 7.36. The van der Waals surface area contributed by atoms with Crippen molar-refractivity contribution in [1.29, 1.82) is 0 Å². The van der Waals surface area contributed by atoms with Crippen LogP contribution in [0, 0.1) is 0 Å². The number of aromatic carboxylic acids is 1. The first-order valence-corrected chi connectivity index (χ1v) is 7.36. The van der Waals surface area contributed by atoms with Gasteiger partial charge < -0.3 is 14.7 Å². The fourth-order valence-electron chi connectivity index (χ4n) is 2.67. The van der Waals surface area contributed by atoms with Crippen molar-refractivity contribution < 1.29 is 19.4 Å². The lowest BCUT2D eigenvalue weighted by Gasteiger charge is -2.21. The molecule has 1 atom stereocenters. The van der Waals surface area contributed by atoms with Gasteiger partial charge in [0.15, 0.2) is 6.10 Å². The highest BCUT2D eigenvalue weighted by atomic mass is 16.5. The lowest BCUT2D eigenvalue weighted by molar-refractivity contribution is -0.137. The van der Waals surface area contributed by atoms with E-state index in [4.69, 9.17) is 9.84 Å². The highest BCUT2D eigenvalue weighted by Gasteiger charge is 2.30. The summed E-state index contributed by atoms with van der Waals surface area (Å²) in [5.74, 6) is -0.272. The Balaban J connectivity index is 1.63. The normalized spacial score (nSPS) is 15.6. The number of ether oxygens (including phenoxy) is 1. The number of fused-ring (bicyclic) bond motifs is 1. The van der Waals surface area contributed by atoms with E-state index >= 15 is 0 Å². The van der Waals surface area contributed by atoms with Crippen LogP contribution < -0.4 is 4.74 Å². The van der Waals surface area contributed by atoms with Crippen LogP contribution in [0.3, 0.4) is 0 Å². The average molecular weight is 311 g/mol. The van der Waals surface area contributed by atoms with Gasteiger partial charge in [-0.2, -0.15) is 0 Å². The molecule has 23 heavy (non-hydrogen) atoms. The number of carbonyl (C=O) groups excluding carboxylic acids is 1. The van der Waals surface area contributed by atoms with Gasteiger partial charge >= 0.3 is 5.97 Å². The zero-order valence-corrected chi connectivity index (χ0v) is 12.7. The molecule has 2 aromatic rings. The van der Waals surface area contributed by atoms with Gasteiger partial charge in [0.05, 0.1) is 5.56 Å². The third kappa shape index (κ3) is 3.18. The van der Waals surface area contributed by atoms with Crippen LogP contribution in [-0.4, -0.2) is 35.0 Å². The predicted molar refractivity (Wildman–Crippen MR) is 84.4 cm³/mol. The topological polar surface area (TPSA) is 66.8 Å². The lowest BCUT2D eigenvalue weighted by Crippen LogP contribution is -2.38. The van der Waals surface area contributed by atoms with E-state index in [1.807, 2.05) is 24.3 Å². The third-order valence-corrected chi connectivity index (χ3v) is 3.92. The first kappa shape index (κ1) is 15.1. The van der Waals surface area contributed by atoms with E-state index in [-0.39, 0.29) is 11.5 Å². The summed E-state index contributed by atoms with van der Waals surface area (Å²) >= 11 is 0. The average Bonchev–Trinajstić information content (AvgIpc) is 2.98. The van der Waals surface area contributed by atoms with Crippen molar-refractivity contribution >= 4 is 11.9 Å². The molecule has 0 spiro atoms. The van der Waals surface area contributed by atoms with Crippen LogP contribution >= 0.6 is 0 Å². The number of carboxylic acids is 1. The summed E-state index contributed by atoms with van der Waals surface area (Å²) < 4.78 is 5.71. The van der Waals surface area contributed by atoms with Gasteiger partial charge in [0, 0.05) is 20.0 Å². The highest BCUT2D eigenvalue weighted by molar-refractivity contribution is 5.87. The number of carboxylic acid groups (broad SMARTS) is 1. The molecular weight excluding hydrogens is 294 g/mol. The van der Waals surface area contributed by atoms with Crippen LogP contribution in [0.5, 0.6) is 5.75 Å². The molecule has 1 amide bonds. The number of carbonyl (C=O) groups is 2. The molecule has 0 radical (unpaired) electrons. The molecule has 118 valence electrons. The van der Waals surface area contributed by atoms with E-state index in [0.717, 1.165) is 16.9 Å². The van der Waals surface area contributed by atoms with Crippen LogP contribution in [0.4, 0.5) is 0 Å². The van der Waals surface area contributed by atoms with E-state index in [1.54, 1.807) is 24.1 Å². The Bertz CT molecular complexity index is 714. The quantitative estimate of drug-likeness (QED) is 0.941. The maximum absolute atomic E-state index is 12.5. The van der Waals surface area contributed by atoms with Gasteiger partial charge in [-0.15, -0.1) is 0 Å². The molecule has 0 saturated heterocycles. The van der Waals surface area contributed by atoms with Gasteiger partial charge in [0.1, 0.15) is 5.75 Å². The number of likely N-dealkylation sites (N-methyl/N-ethyl adjacent to an activating group) is 1. The zero-order valence-electron chi connectivity index (χ0n) is 12.7. The smallest absolute Gasteiger partial charge is 0.335 e. The highest BCUT2D eigenvalue weighted by Crippen LogP contribution is 2.29. The minimum Gasteiger partial charge on any atom is -0.480 e. The summed E-state index contributed by atoms with van der Waals surface area (Å²) in [4.78, 5) is 24.9. The number of rotatable bonds is 4. The molecule has 1 aliphatic rings. The van der Waals surface area contributed by atoms with E-state index in [1.165, 1.54) is 12.1 Å². The van der Waals surface area contributed by atoms with Crippen LogP contribution in [0.25, 0.3) is 0 Å². The Hall–Kier alpha value is -2.82. The number of hydrogen-bond donors (Lipinski definition) is 1. The first-order chi connectivity index (χ1) is 11.0. The summed E-state index contributed by atoms with van der Waals surface area (Å²) in [6, 6.07) is 14.2. The van der Waals surface area contributed by atoms with Gasteiger partial charge in [0.25, 0.3) is 5.91 Å². The molecule has 5 heteroatoms. The van der Waals surface area contributed by atoms with E-state index in [0.29, 0.717) is 13.0 Å². The number of para-hydroxylation sites is 1. The molecule has 5 nitrogen and oxygen atoms in total. The van der Waals surface area contributed by atoms with Gasteiger partial charge in [-0.1, -0.05) is 30.3 Å². The van der Waals surface area contributed by atoms with Gasteiger partial charge in [-0.25, -0.2) is 4.79 Å². The second-order valence-corrected chi connectivity index (χ2v) is 5.61. The molecule has 0 saturated carbocycles. The second kappa shape index (κ2) is 6.12. The molecule has 0 aromatic heterocycles. The number of hydrogen-bond acceptors (Lipinski definition) is 3. The van der Waals surface area contributed by atoms with Crippen molar-refractivity contribution in [1.82, 2.24) is 4.90 Å². The Morgan fingerprint density at radius 2 is 1.87 bits per heavy atom. The lowest BCUT2D eigenvalue weighted by atomic mass is 10.1. The van der Waals surface area contributed by atoms with Crippen LogP contribution in [0.1, 0.15) is 21.5 Å². The Kier molecular flexibility index (Phi) is 4.02. The van der Waals surface area contributed by atoms with Gasteiger partial charge in [-0.05, 0) is 29.3 Å². The van der Waals surface area contributed by atoms with Gasteiger partial charge in [0.2, 0.25) is 0 Å². The van der Waals surface area contributed by atoms with Crippen LogP contribution in [-0.2, 0) is 17.8 Å². The second-order valence-electron chi connectivity index (χ2n) is 5.61. The third-order valence-electron chi connectivity index (χ3n) is 3.92. The largest absolute Gasteiger partial charge is 0.480 e. The van der Waals surface area contributed by atoms with Crippen LogP contribution in [0.2, 0.25) is 0 Å². The number of nitrogens with zero attached hydrogens (tertiary/aromatic N) is 1. The zero-order chi connectivity index (χ0) is 16.4. The fraction of sp³-hybridized carbons (Fsp3) is 0.222. The summed E-state index contributed by atoms with van der Waals surface area (Å²) in [5.41, 5.74) is 2.16. The Morgan fingerprint density at radius 3 is 2.52 bits per heavy atom.